The highest BCUT2D eigenvalue weighted by Gasteiger charge is 2.08. The van der Waals surface area contributed by atoms with E-state index in [0.717, 1.165) is 22.3 Å². The zero-order valence-corrected chi connectivity index (χ0v) is 17.1. The summed E-state index contributed by atoms with van der Waals surface area (Å²) in [5.41, 5.74) is 3.57. The third-order valence-electron chi connectivity index (χ3n) is 4.86. The molecular weight excluding hydrogens is 402 g/mol. The number of H-pyrrole nitrogens is 1. The second-order valence-electron chi connectivity index (χ2n) is 6.83. The molecule has 0 aliphatic heterocycles. The average Bonchev–Trinajstić information content (AvgIpc) is 3.11. The Balaban J connectivity index is 0.00000256. The Morgan fingerprint density at radius 3 is 2.70 bits per heavy atom. The number of rotatable bonds is 9. The van der Waals surface area contributed by atoms with Crippen molar-refractivity contribution in [3.63, 3.8) is 0 Å². The second kappa shape index (κ2) is 10.1. The Bertz CT molecular complexity index is 1130. The van der Waals surface area contributed by atoms with Crippen LogP contribution in [0.1, 0.15) is 11.7 Å². The van der Waals surface area contributed by atoms with Gasteiger partial charge in [-0.1, -0.05) is 30.3 Å². The molecule has 1 unspecified atom stereocenters. The lowest BCUT2D eigenvalue weighted by Crippen LogP contribution is -2.26. The van der Waals surface area contributed by atoms with Gasteiger partial charge >= 0.3 is 0 Å². The van der Waals surface area contributed by atoms with Gasteiger partial charge < -0.3 is 25.5 Å². The molecule has 1 amide bonds. The number of carbonyl (C=O) groups is 1. The average molecular weight is 426 g/mol. The topological polar surface area (TPSA) is 86.4 Å². The first-order valence-corrected chi connectivity index (χ1v) is 9.57. The van der Waals surface area contributed by atoms with E-state index >= 15 is 0 Å². The molecule has 0 spiro atoms. The molecule has 30 heavy (non-hydrogen) atoms. The third kappa shape index (κ3) is 4.91. The number of aliphatic hydroxyl groups is 1. The van der Waals surface area contributed by atoms with Crippen LogP contribution < -0.4 is 15.4 Å². The first-order chi connectivity index (χ1) is 14.2. The minimum atomic E-state index is -0.661. The van der Waals surface area contributed by atoms with E-state index in [9.17, 15) is 9.90 Å². The maximum atomic E-state index is 10.5. The largest absolute Gasteiger partial charge is 0.492 e. The van der Waals surface area contributed by atoms with Crippen molar-refractivity contribution in [3.8, 4) is 5.75 Å². The number of aromatic nitrogens is 1. The van der Waals surface area contributed by atoms with Crippen molar-refractivity contribution >= 4 is 46.3 Å². The van der Waals surface area contributed by atoms with Crippen molar-refractivity contribution in [3.05, 3.63) is 72.3 Å². The molecule has 0 radical (unpaired) electrons. The number of hydrogen-bond acceptors (Lipinski definition) is 4. The summed E-state index contributed by atoms with van der Waals surface area (Å²) in [6, 6.07) is 21.4. The molecule has 1 heterocycles. The highest BCUT2D eigenvalue weighted by molar-refractivity contribution is 6.07. The molecule has 6 nitrogen and oxygen atoms in total. The van der Waals surface area contributed by atoms with Crippen LogP contribution in [0.5, 0.6) is 5.75 Å². The molecule has 0 saturated heterocycles. The molecule has 156 valence electrons. The summed E-state index contributed by atoms with van der Waals surface area (Å²) in [4.78, 5) is 13.9. The van der Waals surface area contributed by atoms with Gasteiger partial charge in [-0.25, -0.2) is 0 Å². The number of carbonyl (C=O) groups excluding carboxylic acids is 1. The minimum absolute atomic E-state index is 0. The normalized spacial score (nSPS) is 11.8. The fourth-order valence-electron chi connectivity index (χ4n) is 3.42. The lowest BCUT2D eigenvalue weighted by atomic mass is 10.1. The lowest BCUT2D eigenvalue weighted by molar-refractivity contribution is -0.105. The van der Waals surface area contributed by atoms with E-state index < -0.39 is 6.10 Å². The van der Waals surface area contributed by atoms with Crippen molar-refractivity contribution < 1.29 is 14.6 Å². The molecule has 4 N–H and O–H groups in total. The van der Waals surface area contributed by atoms with Crippen LogP contribution in [0, 0.1) is 0 Å². The van der Waals surface area contributed by atoms with Gasteiger partial charge in [0.2, 0.25) is 6.41 Å². The fourth-order valence-corrected chi connectivity index (χ4v) is 3.42. The summed E-state index contributed by atoms with van der Waals surface area (Å²) in [7, 11) is 0. The Morgan fingerprint density at radius 2 is 1.83 bits per heavy atom. The van der Waals surface area contributed by atoms with E-state index in [2.05, 4.69) is 33.8 Å². The Kier molecular flexibility index (Phi) is 7.30. The van der Waals surface area contributed by atoms with E-state index in [-0.39, 0.29) is 12.4 Å². The highest BCUT2D eigenvalue weighted by atomic mass is 35.5. The fraction of sp³-hybridized carbons (Fsp3) is 0.174. The molecule has 0 aliphatic carbocycles. The van der Waals surface area contributed by atoms with Gasteiger partial charge in [0.25, 0.3) is 0 Å². The molecular formula is C23H24ClN3O3. The molecule has 0 aliphatic rings. The molecule has 0 fully saturated rings. The number of amides is 1. The van der Waals surface area contributed by atoms with Gasteiger partial charge in [-0.2, -0.15) is 0 Å². The summed E-state index contributed by atoms with van der Waals surface area (Å²) in [6.45, 7) is 1.49. The van der Waals surface area contributed by atoms with Gasteiger partial charge in [-0.15, -0.1) is 12.4 Å². The Morgan fingerprint density at radius 1 is 1.00 bits per heavy atom. The summed E-state index contributed by atoms with van der Waals surface area (Å²) in [5, 5.41) is 18.5. The minimum Gasteiger partial charge on any atom is -0.492 e. The van der Waals surface area contributed by atoms with Crippen molar-refractivity contribution in [2.45, 2.75) is 6.10 Å². The number of aliphatic hydroxyl groups excluding tert-OH is 1. The Hall–Kier alpha value is -3.06. The van der Waals surface area contributed by atoms with Crippen molar-refractivity contribution in [2.75, 3.05) is 25.0 Å². The zero-order valence-electron chi connectivity index (χ0n) is 16.3. The number of ether oxygens (including phenoxy) is 1. The summed E-state index contributed by atoms with van der Waals surface area (Å²) < 4.78 is 5.84. The standard InChI is InChI=1S/C23H23N3O3.ClH/c27-15-25-17-5-3-4-16(12-17)23(28)14-24-10-11-29-18-8-9-20-19-6-1-2-7-21(19)26-22(20)13-18;/h1-9,12-13,15,23-24,26,28H,10-11,14H2,(H,25,27);1H. The number of fused-ring (bicyclic) bond motifs is 3. The number of aromatic amines is 1. The van der Waals surface area contributed by atoms with Gasteiger partial charge in [0.1, 0.15) is 12.4 Å². The van der Waals surface area contributed by atoms with E-state index in [0.29, 0.717) is 31.8 Å². The molecule has 1 atom stereocenters. The molecule has 1 aromatic heterocycles. The summed E-state index contributed by atoms with van der Waals surface area (Å²) >= 11 is 0. The van der Waals surface area contributed by atoms with Crippen LogP contribution in [0.4, 0.5) is 5.69 Å². The predicted octanol–water partition coefficient (Wildman–Crippen LogP) is 4.01. The summed E-state index contributed by atoms with van der Waals surface area (Å²) in [6.07, 6.45) is -0.0417. The van der Waals surface area contributed by atoms with Crippen molar-refractivity contribution in [1.82, 2.24) is 10.3 Å². The van der Waals surface area contributed by atoms with E-state index in [4.69, 9.17) is 4.74 Å². The van der Waals surface area contributed by atoms with Crippen molar-refractivity contribution in [1.29, 1.82) is 0 Å². The number of halogens is 1. The molecule has 3 aromatic carbocycles. The molecule has 4 aromatic rings. The maximum absolute atomic E-state index is 10.5. The van der Waals surface area contributed by atoms with Crippen LogP contribution in [0.3, 0.4) is 0 Å². The molecule has 0 saturated carbocycles. The van der Waals surface area contributed by atoms with Gasteiger partial charge in [0.05, 0.1) is 11.6 Å². The second-order valence-corrected chi connectivity index (χ2v) is 6.83. The number of benzene rings is 3. The smallest absolute Gasteiger partial charge is 0.211 e. The molecule has 4 rings (SSSR count). The van der Waals surface area contributed by atoms with Gasteiger partial charge in [0.15, 0.2) is 0 Å². The van der Waals surface area contributed by atoms with E-state index in [1.165, 1.54) is 10.8 Å². The zero-order chi connectivity index (χ0) is 20.1. The third-order valence-corrected chi connectivity index (χ3v) is 4.86. The van der Waals surface area contributed by atoms with Crippen LogP contribution in [-0.4, -0.2) is 36.2 Å². The number of nitrogens with one attached hydrogen (secondary N) is 3. The van der Waals surface area contributed by atoms with Crippen LogP contribution in [0.2, 0.25) is 0 Å². The Labute approximate surface area is 180 Å². The maximum Gasteiger partial charge on any atom is 0.211 e. The van der Waals surface area contributed by atoms with Crippen LogP contribution >= 0.6 is 12.4 Å². The lowest BCUT2D eigenvalue weighted by Gasteiger charge is -2.13. The first-order valence-electron chi connectivity index (χ1n) is 9.57. The van der Waals surface area contributed by atoms with Crippen LogP contribution in [0.25, 0.3) is 21.8 Å². The summed E-state index contributed by atoms with van der Waals surface area (Å²) in [5.74, 6) is 0.805. The number of anilines is 1. The van der Waals surface area contributed by atoms with E-state index in [1.807, 2.05) is 30.3 Å². The monoisotopic (exact) mass is 425 g/mol. The number of para-hydroxylation sites is 1. The van der Waals surface area contributed by atoms with Gasteiger partial charge in [-0.3, -0.25) is 4.79 Å². The quantitative estimate of drug-likeness (QED) is 0.241. The molecule has 0 bridgehead atoms. The van der Waals surface area contributed by atoms with Crippen LogP contribution in [0.15, 0.2) is 66.7 Å². The van der Waals surface area contributed by atoms with Crippen LogP contribution in [-0.2, 0) is 4.79 Å². The predicted molar refractivity (Wildman–Crippen MR) is 123 cm³/mol. The highest BCUT2D eigenvalue weighted by Crippen LogP contribution is 2.28. The molecule has 7 heteroatoms. The van der Waals surface area contributed by atoms with E-state index in [1.54, 1.807) is 18.2 Å². The SMILES string of the molecule is Cl.O=CNc1cccc(C(O)CNCCOc2ccc3c(c2)[nH]c2ccccc23)c1. The number of hydrogen-bond donors (Lipinski definition) is 4. The van der Waals surface area contributed by atoms with Gasteiger partial charge in [0, 0.05) is 41.1 Å². The first kappa shape index (κ1) is 21.6. The van der Waals surface area contributed by atoms with Crippen molar-refractivity contribution in [2.24, 2.45) is 0 Å². The van der Waals surface area contributed by atoms with Gasteiger partial charge in [-0.05, 0) is 35.9 Å².